The van der Waals surface area contributed by atoms with E-state index in [9.17, 15) is 32.9 Å². The molecule has 4 amide bonds. The van der Waals surface area contributed by atoms with Crippen LogP contribution in [-0.4, -0.2) is 122 Å². The quantitative estimate of drug-likeness (QED) is 0.0538. The van der Waals surface area contributed by atoms with Gasteiger partial charge in [-0.1, -0.05) is 28.6 Å². The molecule has 19 heteroatoms. The van der Waals surface area contributed by atoms with Gasteiger partial charge in [0.2, 0.25) is 17.6 Å². The number of fused-ring (bicyclic) bond motifs is 2. The van der Waals surface area contributed by atoms with E-state index in [1.54, 1.807) is 37.9 Å². The van der Waals surface area contributed by atoms with Crippen molar-refractivity contribution in [3.8, 4) is 11.1 Å². The van der Waals surface area contributed by atoms with Crippen LogP contribution in [0, 0.1) is 17.0 Å². The smallest absolute Gasteiger partial charge is 0.458 e. The van der Waals surface area contributed by atoms with Gasteiger partial charge in [0, 0.05) is 91.3 Å². The minimum Gasteiger partial charge on any atom is -0.573 e. The van der Waals surface area contributed by atoms with Crippen molar-refractivity contribution >= 4 is 63.6 Å². The van der Waals surface area contributed by atoms with Crippen LogP contribution in [0.1, 0.15) is 90.3 Å². The Hall–Kier alpha value is -6.28. The highest BCUT2D eigenvalue weighted by Crippen LogP contribution is 2.43. The van der Waals surface area contributed by atoms with Crippen molar-refractivity contribution in [1.29, 1.82) is 0 Å². The summed E-state index contributed by atoms with van der Waals surface area (Å²) in [7, 11) is 0. The summed E-state index contributed by atoms with van der Waals surface area (Å²) in [5.41, 5.74) is 3.08. The van der Waals surface area contributed by atoms with Crippen LogP contribution in [0.25, 0.3) is 22.2 Å². The molecule has 5 aliphatic heterocycles. The maximum Gasteiger partial charge on any atom is 0.458 e. The second-order valence-electron chi connectivity index (χ2n) is 20.1. The Morgan fingerprint density at radius 2 is 1.74 bits per heavy atom. The molecule has 2 N–H and O–H groups in total. The molecule has 70 heavy (non-hydrogen) atoms. The maximum absolute atomic E-state index is 16.5. The molecule has 2 aromatic heterocycles. The predicted molar refractivity (Wildman–Crippen MR) is 256 cm³/mol. The third kappa shape index (κ3) is 9.15. The summed E-state index contributed by atoms with van der Waals surface area (Å²) in [5, 5.41) is 2.67. The summed E-state index contributed by atoms with van der Waals surface area (Å²) < 4.78 is 67.0. The minimum atomic E-state index is -2.47. The van der Waals surface area contributed by atoms with Gasteiger partial charge in [-0.05, 0) is 113 Å². The summed E-state index contributed by atoms with van der Waals surface area (Å²) in [5.74, 6) is -4.52. The molecule has 3 atom stereocenters. The number of pyridine rings is 1. The molecule has 366 valence electrons. The lowest BCUT2D eigenvalue weighted by Gasteiger charge is -2.61. The molecule has 3 aromatic carbocycles. The molecule has 0 saturated carbocycles. The van der Waals surface area contributed by atoms with Crippen LogP contribution < -0.4 is 14.5 Å². The fourth-order valence-corrected chi connectivity index (χ4v) is 11.7. The second kappa shape index (κ2) is 18.5. The number of aromatic amines is 1. The van der Waals surface area contributed by atoms with Gasteiger partial charge >= 0.3 is 6.09 Å². The molecule has 0 bridgehead atoms. The van der Waals surface area contributed by atoms with Crippen molar-refractivity contribution in [1.82, 2.24) is 29.4 Å². The number of ketones is 1. The van der Waals surface area contributed by atoms with Gasteiger partial charge in [-0.15, -0.1) is 4.31 Å². The van der Waals surface area contributed by atoms with E-state index < -0.39 is 70.0 Å². The Bertz CT molecular complexity index is 2910. The number of hydrogen-bond donors (Lipinski definition) is 2. The number of anilines is 2. The molecule has 4 saturated heterocycles. The average molecular weight is 979 g/mol. The third-order valence-corrected chi connectivity index (χ3v) is 15.3. The SMILES string of the molecule is CC(C)(C)OC(=O)N(c1ccc(F)c(C(=O)c2c[nH]c3ncc(-c4ccc(N5CC6(CN(CCCCc7ccc8c(c7)CN(C7CCC(=O)NC7=O)C8=O)C6)C5)cc4)cc23)c1F)[S+]([O-])N1CCC(F)C1. The number of amides is 4. The molecule has 15 nitrogen and oxygen atoms in total. The maximum atomic E-state index is 16.5. The number of piperidine rings is 1. The Morgan fingerprint density at radius 3 is 2.46 bits per heavy atom. The number of aryl methyl sites for hydroxylation is 1. The number of carbonyl (C=O) groups excluding carboxylic acids is 5. The van der Waals surface area contributed by atoms with E-state index in [0.29, 0.717) is 39.4 Å². The van der Waals surface area contributed by atoms with E-state index in [4.69, 9.17) is 4.74 Å². The zero-order valence-corrected chi connectivity index (χ0v) is 39.9. The molecule has 4 fully saturated rings. The number of imide groups is 1. The zero-order valence-electron chi connectivity index (χ0n) is 39.1. The average Bonchev–Trinajstić information content (AvgIpc) is 4.01. The van der Waals surface area contributed by atoms with Crippen LogP contribution in [-0.2, 0) is 38.8 Å². The first-order chi connectivity index (χ1) is 33.4. The van der Waals surface area contributed by atoms with E-state index >= 15 is 8.78 Å². The van der Waals surface area contributed by atoms with Crippen LogP contribution in [0.5, 0.6) is 0 Å². The number of halogens is 3. The van der Waals surface area contributed by atoms with Gasteiger partial charge < -0.3 is 29.0 Å². The fraction of sp³-hybridized carbons (Fsp3) is 0.412. The fourth-order valence-electron chi connectivity index (χ4n) is 10.4. The molecule has 10 rings (SSSR count). The largest absolute Gasteiger partial charge is 0.573 e. The van der Waals surface area contributed by atoms with Crippen molar-refractivity contribution < 1.29 is 46.4 Å². The molecule has 0 aliphatic carbocycles. The molecule has 1 spiro atoms. The molecule has 3 unspecified atom stereocenters. The standard InChI is InChI=1S/C51H53F3N8O7S/c1-50(2,3)69-49(67)62(70(68)60-19-17-34(52)25-60)40-14-13-39(53)43(44(40)54)45(64)38-23-56-46-37(38)21-32(22-55-46)31-8-10-35(11-9-31)59-28-51(29-59)26-58(27-51)18-5-4-6-30-7-12-36-33(20-30)24-61(48(36)66)41-15-16-42(63)57-47(41)65/h7-14,20-23,34,41H,4-6,15-19,24-29H2,1-3H3,(H,55,56)(H,57,63,65). The summed E-state index contributed by atoms with van der Waals surface area (Å²) in [6, 6.07) is 16.8. The van der Waals surface area contributed by atoms with Gasteiger partial charge in [0.15, 0.2) is 17.4 Å². The van der Waals surface area contributed by atoms with Gasteiger partial charge in [0.1, 0.15) is 35.0 Å². The number of benzene rings is 3. The van der Waals surface area contributed by atoms with Gasteiger partial charge in [0.25, 0.3) is 5.91 Å². The number of aromatic nitrogens is 2. The topological polar surface area (TPSA) is 175 Å². The second-order valence-corrected chi connectivity index (χ2v) is 21.5. The first-order valence-electron chi connectivity index (χ1n) is 23.6. The first-order valence-corrected chi connectivity index (χ1v) is 24.7. The molecule has 5 aromatic rings. The van der Waals surface area contributed by atoms with Gasteiger partial charge in [0.05, 0.1) is 12.1 Å². The number of nitrogens with zero attached hydrogens (tertiary/aromatic N) is 6. The Balaban J connectivity index is 0.738. The van der Waals surface area contributed by atoms with Crippen LogP contribution >= 0.6 is 0 Å². The van der Waals surface area contributed by atoms with E-state index in [1.165, 1.54) is 11.8 Å². The van der Waals surface area contributed by atoms with Crippen molar-refractivity contribution in [3.05, 3.63) is 113 Å². The summed E-state index contributed by atoms with van der Waals surface area (Å²) in [4.78, 5) is 78.4. The Labute approximate surface area is 405 Å². The summed E-state index contributed by atoms with van der Waals surface area (Å²) in [6.07, 6.45) is 4.04. The van der Waals surface area contributed by atoms with Gasteiger partial charge in [-0.3, -0.25) is 24.5 Å². The van der Waals surface area contributed by atoms with E-state index in [-0.39, 0.29) is 48.7 Å². The number of nitrogens with one attached hydrogen (secondary N) is 2. The van der Waals surface area contributed by atoms with Crippen LogP contribution in [0.3, 0.4) is 0 Å². The molecule has 0 radical (unpaired) electrons. The minimum absolute atomic E-state index is 0.0149. The van der Waals surface area contributed by atoms with Crippen LogP contribution in [0.2, 0.25) is 0 Å². The number of rotatable bonds is 13. The number of H-pyrrole nitrogens is 1. The van der Waals surface area contributed by atoms with Crippen molar-refractivity contribution in [2.75, 3.05) is 55.0 Å². The lowest BCUT2D eigenvalue weighted by atomic mass is 9.72. The Kier molecular flexibility index (Phi) is 12.5. The zero-order chi connectivity index (χ0) is 49.2. The van der Waals surface area contributed by atoms with Crippen LogP contribution in [0.4, 0.5) is 29.3 Å². The predicted octanol–water partition coefficient (Wildman–Crippen LogP) is 7.01. The van der Waals surface area contributed by atoms with Crippen LogP contribution in [0.15, 0.2) is 73.1 Å². The highest BCUT2D eigenvalue weighted by atomic mass is 32.2. The molecule has 7 heterocycles. The van der Waals surface area contributed by atoms with Gasteiger partial charge in [-0.2, -0.15) is 0 Å². The lowest BCUT2D eigenvalue weighted by Crippen LogP contribution is -2.72. The number of hydrogen-bond acceptors (Lipinski definition) is 11. The van der Waals surface area contributed by atoms with Gasteiger partial charge in [-0.25, -0.2) is 22.9 Å². The Morgan fingerprint density at radius 1 is 0.971 bits per heavy atom. The summed E-state index contributed by atoms with van der Waals surface area (Å²) in [6.45, 7) is 9.80. The first kappa shape index (κ1) is 47.4. The number of ether oxygens (including phenoxy) is 1. The van der Waals surface area contributed by atoms with E-state index in [0.717, 1.165) is 85.2 Å². The van der Waals surface area contributed by atoms with E-state index in [1.807, 2.05) is 36.4 Å². The number of unbranched alkanes of at least 4 members (excludes halogenated alkanes) is 1. The number of alkyl halides is 1. The number of likely N-dealkylation sites (tertiary alicyclic amines) is 1. The number of carbonyl (C=O) groups is 5. The van der Waals surface area contributed by atoms with E-state index in [2.05, 4.69) is 31.2 Å². The lowest BCUT2D eigenvalue weighted by molar-refractivity contribution is -0.136. The molecular formula is C51H53F3N8O7S. The van der Waals surface area contributed by atoms with Crippen molar-refractivity contribution in [3.63, 3.8) is 0 Å². The summed E-state index contributed by atoms with van der Waals surface area (Å²) >= 11 is -2.47. The normalized spacial score (nSPS) is 20.6. The molecular weight excluding hydrogens is 926 g/mol. The highest BCUT2D eigenvalue weighted by molar-refractivity contribution is 7.91. The molecule has 5 aliphatic rings. The van der Waals surface area contributed by atoms with Crippen molar-refractivity contribution in [2.45, 2.75) is 83.7 Å². The highest BCUT2D eigenvalue weighted by Gasteiger charge is 2.51. The van der Waals surface area contributed by atoms with Crippen molar-refractivity contribution in [2.24, 2.45) is 5.41 Å². The third-order valence-electron chi connectivity index (χ3n) is 13.8. The monoisotopic (exact) mass is 978 g/mol.